The van der Waals surface area contributed by atoms with E-state index in [1.165, 1.54) is 0 Å². The molecule has 0 aliphatic carbocycles. The number of hydrogen-bond acceptors (Lipinski definition) is 2. The van der Waals surface area contributed by atoms with Gasteiger partial charge in [0.15, 0.2) is 0 Å². The van der Waals surface area contributed by atoms with Crippen LogP contribution in [0.3, 0.4) is 0 Å². The number of hydrogen-bond donors (Lipinski definition) is 1. The SMILES string of the molecule is Cc1nn(C)c(C)c1CCNCC(F)(F)F. The molecule has 0 spiro atoms. The van der Waals surface area contributed by atoms with E-state index in [-0.39, 0.29) is 0 Å². The molecule has 0 unspecified atom stereocenters. The normalized spacial score (nSPS) is 12.1. The van der Waals surface area contributed by atoms with E-state index < -0.39 is 12.7 Å². The van der Waals surface area contributed by atoms with Crippen LogP contribution in [0.4, 0.5) is 13.2 Å². The first-order chi connectivity index (χ1) is 7.31. The predicted octanol–water partition coefficient (Wildman–Crippen LogP) is 1.73. The molecule has 1 rings (SSSR count). The monoisotopic (exact) mass is 235 g/mol. The molecule has 6 heteroatoms. The average molecular weight is 235 g/mol. The third-order valence-electron chi connectivity index (χ3n) is 2.54. The van der Waals surface area contributed by atoms with E-state index in [0.29, 0.717) is 13.0 Å². The minimum atomic E-state index is -4.14. The molecule has 0 saturated carbocycles. The van der Waals surface area contributed by atoms with Gasteiger partial charge in [-0.3, -0.25) is 4.68 Å². The number of halogens is 3. The van der Waals surface area contributed by atoms with Crippen molar-refractivity contribution in [3.05, 3.63) is 17.0 Å². The van der Waals surface area contributed by atoms with Gasteiger partial charge in [-0.05, 0) is 32.4 Å². The maximum atomic E-state index is 11.9. The summed E-state index contributed by atoms with van der Waals surface area (Å²) in [5, 5.41) is 6.58. The Kier molecular flexibility index (Phi) is 3.96. The van der Waals surface area contributed by atoms with Crippen molar-refractivity contribution >= 4 is 0 Å². The average Bonchev–Trinajstić information content (AvgIpc) is 2.36. The Balaban J connectivity index is 2.43. The van der Waals surface area contributed by atoms with Crippen LogP contribution >= 0.6 is 0 Å². The van der Waals surface area contributed by atoms with Crippen molar-refractivity contribution in [2.75, 3.05) is 13.1 Å². The lowest BCUT2D eigenvalue weighted by Crippen LogP contribution is -2.30. The third-order valence-corrected chi connectivity index (χ3v) is 2.54. The molecule has 3 nitrogen and oxygen atoms in total. The van der Waals surface area contributed by atoms with Crippen LogP contribution in [0, 0.1) is 13.8 Å². The van der Waals surface area contributed by atoms with E-state index in [2.05, 4.69) is 10.4 Å². The molecule has 0 saturated heterocycles. The molecule has 1 aromatic heterocycles. The Labute approximate surface area is 92.6 Å². The number of alkyl halides is 3. The van der Waals surface area contributed by atoms with E-state index in [4.69, 9.17) is 0 Å². The van der Waals surface area contributed by atoms with Crippen LogP contribution < -0.4 is 5.32 Å². The minimum Gasteiger partial charge on any atom is -0.308 e. The topological polar surface area (TPSA) is 29.9 Å². The first-order valence-corrected chi connectivity index (χ1v) is 5.08. The number of aryl methyl sites for hydroxylation is 2. The fourth-order valence-corrected chi connectivity index (χ4v) is 1.62. The lowest BCUT2D eigenvalue weighted by Gasteiger charge is -2.08. The lowest BCUT2D eigenvalue weighted by molar-refractivity contribution is -0.124. The summed E-state index contributed by atoms with van der Waals surface area (Å²) in [6, 6.07) is 0. The fraction of sp³-hybridized carbons (Fsp3) is 0.700. The van der Waals surface area contributed by atoms with Crippen LogP contribution in [0.1, 0.15) is 17.0 Å². The van der Waals surface area contributed by atoms with E-state index >= 15 is 0 Å². The standard InChI is InChI=1S/C10H16F3N3/c1-7-9(8(2)16(3)15-7)4-5-14-6-10(11,12)13/h14H,4-6H2,1-3H3. The molecule has 0 atom stereocenters. The van der Waals surface area contributed by atoms with Gasteiger partial charge in [0.25, 0.3) is 0 Å². The molecule has 0 amide bonds. The summed E-state index contributed by atoms with van der Waals surface area (Å²) in [5.41, 5.74) is 2.91. The predicted molar refractivity (Wildman–Crippen MR) is 55.3 cm³/mol. The molecular weight excluding hydrogens is 219 g/mol. The van der Waals surface area contributed by atoms with Gasteiger partial charge >= 0.3 is 6.18 Å². The summed E-state index contributed by atoms with van der Waals surface area (Å²) < 4.78 is 37.3. The molecule has 16 heavy (non-hydrogen) atoms. The van der Waals surface area contributed by atoms with Gasteiger partial charge in [-0.25, -0.2) is 0 Å². The molecule has 0 fully saturated rings. The summed E-state index contributed by atoms with van der Waals surface area (Å²) in [5.74, 6) is 0. The van der Waals surface area contributed by atoms with Crippen LogP contribution in [0.15, 0.2) is 0 Å². The smallest absolute Gasteiger partial charge is 0.308 e. The highest BCUT2D eigenvalue weighted by molar-refractivity contribution is 5.24. The second-order valence-corrected chi connectivity index (χ2v) is 3.81. The number of rotatable bonds is 4. The first kappa shape index (κ1) is 13.0. The summed E-state index contributed by atoms with van der Waals surface area (Å²) in [6.45, 7) is 3.16. The van der Waals surface area contributed by atoms with Crippen LogP contribution in [0.25, 0.3) is 0 Å². The maximum Gasteiger partial charge on any atom is 0.401 e. The zero-order chi connectivity index (χ0) is 12.3. The second-order valence-electron chi connectivity index (χ2n) is 3.81. The summed E-state index contributed by atoms with van der Waals surface area (Å²) in [7, 11) is 1.83. The van der Waals surface area contributed by atoms with Gasteiger partial charge in [0.1, 0.15) is 0 Å². The van der Waals surface area contributed by atoms with Crippen molar-refractivity contribution in [2.24, 2.45) is 7.05 Å². The quantitative estimate of drug-likeness (QED) is 0.805. The molecular formula is C10H16F3N3. The van der Waals surface area contributed by atoms with E-state index in [1.54, 1.807) is 4.68 Å². The van der Waals surface area contributed by atoms with E-state index in [9.17, 15) is 13.2 Å². The van der Waals surface area contributed by atoms with Crippen molar-refractivity contribution in [1.82, 2.24) is 15.1 Å². The number of aromatic nitrogens is 2. The highest BCUT2D eigenvalue weighted by Crippen LogP contribution is 2.14. The molecule has 0 aromatic carbocycles. The van der Waals surface area contributed by atoms with Crippen molar-refractivity contribution in [3.63, 3.8) is 0 Å². The lowest BCUT2D eigenvalue weighted by atomic mass is 10.1. The zero-order valence-corrected chi connectivity index (χ0v) is 9.65. The zero-order valence-electron chi connectivity index (χ0n) is 9.65. The largest absolute Gasteiger partial charge is 0.401 e. The molecule has 1 heterocycles. The highest BCUT2D eigenvalue weighted by Gasteiger charge is 2.26. The Morgan fingerprint density at radius 1 is 1.31 bits per heavy atom. The van der Waals surface area contributed by atoms with Crippen LogP contribution in [0.5, 0.6) is 0 Å². The van der Waals surface area contributed by atoms with Crippen LogP contribution in [-0.2, 0) is 13.5 Å². The molecule has 1 aromatic rings. The Hall–Kier alpha value is -1.04. The van der Waals surface area contributed by atoms with Gasteiger partial charge in [0.2, 0.25) is 0 Å². The van der Waals surface area contributed by atoms with Gasteiger partial charge in [0.05, 0.1) is 12.2 Å². The molecule has 0 radical (unpaired) electrons. The fourth-order valence-electron chi connectivity index (χ4n) is 1.62. The highest BCUT2D eigenvalue weighted by atomic mass is 19.4. The Morgan fingerprint density at radius 3 is 2.38 bits per heavy atom. The van der Waals surface area contributed by atoms with Gasteiger partial charge in [0, 0.05) is 12.7 Å². The van der Waals surface area contributed by atoms with Crippen molar-refractivity contribution in [2.45, 2.75) is 26.4 Å². The number of nitrogens with zero attached hydrogens (tertiary/aromatic N) is 2. The van der Waals surface area contributed by atoms with Gasteiger partial charge < -0.3 is 5.32 Å². The van der Waals surface area contributed by atoms with Crippen molar-refractivity contribution < 1.29 is 13.2 Å². The van der Waals surface area contributed by atoms with E-state index in [0.717, 1.165) is 17.0 Å². The van der Waals surface area contributed by atoms with Crippen molar-refractivity contribution in [1.29, 1.82) is 0 Å². The molecule has 0 bridgehead atoms. The third kappa shape index (κ3) is 3.52. The van der Waals surface area contributed by atoms with E-state index in [1.807, 2.05) is 20.9 Å². The second kappa shape index (κ2) is 4.86. The first-order valence-electron chi connectivity index (χ1n) is 5.08. The molecule has 0 aliphatic rings. The van der Waals surface area contributed by atoms with Gasteiger partial charge in [-0.15, -0.1) is 0 Å². The molecule has 1 N–H and O–H groups in total. The van der Waals surface area contributed by atoms with Crippen LogP contribution in [-0.4, -0.2) is 29.0 Å². The molecule has 92 valence electrons. The van der Waals surface area contributed by atoms with Gasteiger partial charge in [-0.2, -0.15) is 18.3 Å². The summed E-state index contributed by atoms with van der Waals surface area (Å²) in [6.07, 6.45) is -3.57. The Bertz CT molecular complexity index is 355. The van der Waals surface area contributed by atoms with Gasteiger partial charge in [-0.1, -0.05) is 0 Å². The van der Waals surface area contributed by atoms with Crippen LogP contribution in [0.2, 0.25) is 0 Å². The summed E-state index contributed by atoms with van der Waals surface area (Å²) >= 11 is 0. The Morgan fingerprint density at radius 2 is 1.94 bits per heavy atom. The minimum absolute atomic E-state index is 0.312. The number of nitrogens with one attached hydrogen (secondary N) is 1. The maximum absolute atomic E-state index is 11.9. The van der Waals surface area contributed by atoms with Crippen molar-refractivity contribution in [3.8, 4) is 0 Å². The molecule has 0 aliphatic heterocycles. The summed E-state index contributed by atoms with van der Waals surface area (Å²) in [4.78, 5) is 0.